The monoisotopic (exact) mass is 425 g/mol. The fourth-order valence-corrected chi connectivity index (χ4v) is 2.89. The van der Waals surface area contributed by atoms with Crippen LogP contribution < -0.4 is 15.4 Å². The molecule has 7 nitrogen and oxygen atoms in total. The number of halogens is 1. The summed E-state index contributed by atoms with van der Waals surface area (Å²) in [7, 11) is 0. The Hall–Kier alpha value is -3.58. The molecule has 8 heteroatoms. The molecule has 1 unspecified atom stereocenters. The minimum atomic E-state index is -0.563. The largest absolute Gasteiger partial charge is 0.489 e. The fourth-order valence-electron chi connectivity index (χ4n) is 2.66. The van der Waals surface area contributed by atoms with Crippen LogP contribution >= 0.6 is 11.6 Å². The molecule has 3 aromatic rings. The van der Waals surface area contributed by atoms with E-state index in [9.17, 15) is 14.9 Å². The fraction of sp³-hybridized carbons (Fsp3) is 0.136. The number of hydrogen-bond acceptors (Lipinski definition) is 5. The Labute approximate surface area is 178 Å². The normalized spacial score (nSPS) is 11.4. The van der Waals surface area contributed by atoms with Gasteiger partial charge in [0.05, 0.1) is 15.6 Å². The van der Waals surface area contributed by atoms with Crippen molar-refractivity contribution in [2.45, 2.75) is 19.6 Å². The first-order valence-electron chi connectivity index (χ1n) is 9.20. The van der Waals surface area contributed by atoms with E-state index in [-0.39, 0.29) is 16.6 Å². The van der Waals surface area contributed by atoms with Crippen LogP contribution in [0.2, 0.25) is 5.02 Å². The van der Waals surface area contributed by atoms with Gasteiger partial charge in [-0.3, -0.25) is 14.9 Å². The van der Waals surface area contributed by atoms with Gasteiger partial charge in [-0.1, -0.05) is 41.9 Å². The lowest BCUT2D eigenvalue weighted by Crippen LogP contribution is -2.31. The van der Waals surface area contributed by atoms with Crippen molar-refractivity contribution in [1.82, 2.24) is 0 Å². The molecular weight excluding hydrogens is 406 g/mol. The molecule has 0 saturated heterocycles. The first kappa shape index (κ1) is 21.1. The lowest BCUT2D eigenvalue weighted by Gasteiger charge is -2.16. The van der Waals surface area contributed by atoms with Gasteiger partial charge >= 0.3 is 0 Å². The highest BCUT2D eigenvalue weighted by molar-refractivity contribution is 6.34. The zero-order valence-electron chi connectivity index (χ0n) is 16.2. The van der Waals surface area contributed by atoms with Gasteiger partial charge < -0.3 is 15.4 Å². The zero-order chi connectivity index (χ0) is 21.5. The molecule has 0 spiro atoms. The van der Waals surface area contributed by atoms with Crippen LogP contribution in [0, 0.1) is 10.1 Å². The molecule has 3 aromatic carbocycles. The molecule has 0 saturated carbocycles. The predicted molar refractivity (Wildman–Crippen MR) is 117 cm³/mol. The third-order valence-electron chi connectivity index (χ3n) is 4.30. The molecule has 0 aromatic heterocycles. The number of amides is 1. The van der Waals surface area contributed by atoms with Gasteiger partial charge in [0, 0.05) is 17.8 Å². The van der Waals surface area contributed by atoms with Gasteiger partial charge in [-0.25, -0.2) is 0 Å². The van der Waals surface area contributed by atoms with E-state index in [1.807, 2.05) is 54.6 Å². The van der Waals surface area contributed by atoms with Crippen molar-refractivity contribution in [2.24, 2.45) is 0 Å². The lowest BCUT2D eigenvalue weighted by molar-refractivity contribution is -0.384. The average molecular weight is 426 g/mol. The molecule has 1 atom stereocenters. The molecule has 0 bridgehead atoms. The van der Waals surface area contributed by atoms with E-state index in [1.54, 1.807) is 6.92 Å². The first-order chi connectivity index (χ1) is 14.4. The Morgan fingerprint density at radius 3 is 2.43 bits per heavy atom. The SMILES string of the molecule is CC(Nc1ccc(OCc2ccccc2)cc1)C(=O)Nc1ccc([N+](=O)[O-])cc1Cl. The molecule has 3 rings (SSSR count). The second-order valence-corrected chi connectivity index (χ2v) is 6.98. The number of non-ortho nitro benzene ring substituents is 1. The number of carbonyl (C=O) groups is 1. The first-order valence-corrected chi connectivity index (χ1v) is 9.58. The highest BCUT2D eigenvalue weighted by Crippen LogP contribution is 2.27. The highest BCUT2D eigenvalue weighted by Gasteiger charge is 2.16. The quantitative estimate of drug-likeness (QED) is 0.379. The van der Waals surface area contributed by atoms with E-state index in [0.717, 1.165) is 17.0 Å². The van der Waals surface area contributed by atoms with Crippen LogP contribution in [0.25, 0.3) is 0 Å². The minimum absolute atomic E-state index is 0.102. The van der Waals surface area contributed by atoms with Gasteiger partial charge in [0.1, 0.15) is 18.4 Å². The third-order valence-corrected chi connectivity index (χ3v) is 4.61. The van der Waals surface area contributed by atoms with Crippen molar-refractivity contribution in [3.05, 3.63) is 93.5 Å². The molecule has 30 heavy (non-hydrogen) atoms. The van der Waals surface area contributed by atoms with Crippen LogP contribution in [0.3, 0.4) is 0 Å². The summed E-state index contributed by atoms with van der Waals surface area (Å²) in [5.41, 5.74) is 2.00. The van der Waals surface area contributed by atoms with E-state index >= 15 is 0 Å². The molecule has 0 aliphatic heterocycles. The summed E-state index contributed by atoms with van der Waals surface area (Å²) in [4.78, 5) is 22.7. The summed E-state index contributed by atoms with van der Waals surface area (Å²) in [6, 6.07) is 20.5. The third kappa shape index (κ3) is 5.71. The molecule has 154 valence electrons. The summed E-state index contributed by atoms with van der Waals surface area (Å²) >= 11 is 6.02. The van der Waals surface area contributed by atoms with Crippen molar-refractivity contribution in [3.63, 3.8) is 0 Å². The summed E-state index contributed by atoms with van der Waals surface area (Å²) in [5.74, 6) is 0.398. The molecule has 0 fully saturated rings. The molecule has 0 heterocycles. The number of hydrogen-bond donors (Lipinski definition) is 2. The number of benzene rings is 3. The van der Waals surface area contributed by atoms with Crippen LogP contribution in [0.15, 0.2) is 72.8 Å². The van der Waals surface area contributed by atoms with Gasteiger partial charge in [0.2, 0.25) is 5.91 Å². The lowest BCUT2D eigenvalue weighted by atomic mass is 10.2. The van der Waals surface area contributed by atoms with Crippen molar-refractivity contribution >= 4 is 34.6 Å². The van der Waals surface area contributed by atoms with E-state index in [4.69, 9.17) is 16.3 Å². The predicted octanol–water partition coefficient (Wildman–Crippen LogP) is 5.27. The van der Waals surface area contributed by atoms with Gasteiger partial charge in [-0.15, -0.1) is 0 Å². The van der Waals surface area contributed by atoms with Gasteiger partial charge in [0.25, 0.3) is 5.69 Å². The molecule has 0 aliphatic rings. The number of anilines is 2. The number of nitrogens with one attached hydrogen (secondary N) is 2. The summed E-state index contributed by atoms with van der Waals surface area (Å²) in [6.07, 6.45) is 0. The maximum absolute atomic E-state index is 12.4. The van der Waals surface area contributed by atoms with E-state index in [2.05, 4.69) is 10.6 Å². The second kappa shape index (κ2) is 9.76. The summed E-state index contributed by atoms with van der Waals surface area (Å²) in [5, 5.41) is 16.6. The minimum Gasteiger partial charge on any atom is -0.489 e. The van der Waals surface area contributed by atoms with Crippen LogP contribution in [0.1, 0.15) is 12.5 Å². The van der Waals surface area contributed by atoms with Crippen molar-refractivity contribution < 1.29 is 14.5 Å². The molecule has 1 amide bonds. The molecular formula is C22H20ClN3O4. The summed E-state index contributed by atoms with van der Waals surface area (Å²) < 4.78 is 5.75. The number of nitrogens with zero attached hydrogens (tertiary/aromatic N) is 1. The van der Waals surface area contributed by atoms with Crippen molar-refractivity contribution in [2.75, 3.05) is 10.6 Å². The Kier molecular flexibility index (Phi) is 6.87. The van der Waals surface area contributed by atoms with Crippen LogP contribution in [-0.2, 0) is 11.4 Å². The summed E-state index contributed by atoms with van der Waals surface area (Å²) in [6.45, 7) is 2.18. The van der Waals surface area contributed by atoms with Crippen LogP contribution in [0.4, 0.5) is 17.1 Å². The van der Waals surface area contributed by atoms with Gasteiger partial charge in [-0.05, 0) is 42.8 Å². The smallest absolute Gasteiger partial charge is 0.271 e. The van der Waals surface area contributed by atoms with E-state index in [1.165, 1.54) is 18.2 Å². The topological polar surface area (TPSA) is 93.5 Å². The van der Waals surface area contributed by atoms with Crippen molar-refractivity contribution in [3.8, 4) is 5.75 Å². The highest BCUT2D eigenvalue weighted by atomic mass is 35.5. The number of carbonyl (C=O) groups excluding carboxylic acids is 1. The van der Waals surface area contributed by atoms with Crippen LogP contribution in [-0.4, -0.2) is 16.9 Å². The van der Waals surface area contributed by atoms with Crippen molar-refractivity contribution in [1.29, 1.82) is 0 Å². The average Bonchev–Trinajstić information content (AvgIpc) is 2.75. The Bertz CT molecular complexity index is 1030. The Morgan fingerprint density at radius 1 is 1.10 bits per heavy atom. The standard InChI is InChI=1S/C22H20ClN3O4/c1-15(22(27)25-21-12-9-18(26(28)29)13-20(21)23)24-17-7-10-19(11-8-17)30-14-16-5-3-2-4-6-16/h2-13,15,24H,14H2,1H3,(H,25,27). The van der Waals surface area contributed by atoms with E-state index < -0.39 is 11.0 Å². The number of nitro benzene ring substituents is 1. The Morgan fingerprint density at radius 2 is 1.80 bits per heavy atom. The number of nitro groups is 1. The van der Waals surface area contributed by atoms with Crippen LogP contribution in [0.5, 0.6) is 5.75 Å². The maximum atomic E-state index is 12.4. The van der Waals surface area contributed by atoms with Gasteiger partial charge in [0.15, 0.2) is 0 Å². The second-order valence-electron chi connectivity index (χ2n) is 6.58. The van der Waals surface area contributed by atoms with E-state index in [0.29, 0.717) is 12.3 Å². The maximum Gasteiger partial charge on any atom is 0.271 e. The number of ether oxygens (including phenoxy) is 1. The number of rotatable bonds is 8. The zero-order valence-corrected chi connectivity index (χ0v) is 16.9. The molecule has 0 radical (unpaired) electrons. The molecule has 0 aliphatic carbocycles. The Balaban J connectivity index is 1.54. The van der Waals surface area contributed by atoms with Gasteiger partial charge in [-0.2, -0.15) is 0 Å². The molecule has 2 N–H and O–H groups in total.